The quantitative estimate of drug-likeness (QED) is 0.601. The summed E-state index contributed by atoms with van der Waals surface area (Å²) in [5, 5.41) is 2.72. The first-order valence-corrected chi connectivity index (χ1v) is 7.86. The Morgan fingerprint density at radius 2 is 1.95 bits per heavy atom. The normalized spacial score (nSPS) is 19.8. The maximum Gasteiger partial charge on any atom is 0.249 e. The molecular weight excluding hydrogens is 256 g/mol. The second-order valence-corrected chi connectivity index (χ2v) is 5.52. The molecule has 1 saturated heterocycles. The molecule has 0 aromatic rings. The molecule has 0 saturated carbocycles. The van der Waals surface area contributed by atoms with Gasteiger partial charge in [0.05, 0.1) is 0 Å². The van der Waals surface area contributed by atoms with E-state index >= 15 is 0 Å². The van der Waals surface area contributed by atoms with Gasteiger partial charge in [-0.3, -0.25) is 9.59 Å². The Morgan fingerprint density at radius 1 is 1.25 bits per heavy atom. The Labute approximate surface area is 121 Å². The molecule has 0 unspecified atom stereocenters. The van der Waals surface area contributed by atoms with E-state index in [1.807, 2.05) is 0 Å². The predicted molar refractivity (Wildman–Crippen MR) is 78.1 cm³/mol. The highest BCUT2D eigenvalue weighted by Crippen LogP contribution is 2.13. The highest BCUT2D eigenvalue weighted by atomic mass is 16.5. The van der Waals surface area contributed by atoms with Crippen LogP contribution < -0.4 is 11.1 Å². The molecule has 0 radical (unpaired) electrons. The van der Waals surface area contributed by atoms with Crippen molar-refractivity contribution in [2.45, 2.75) is 76.9 Å². The maximum absolute atomic E-state index is 11.9. The fraction of sp³-hybridized carbons (Fsp3) is 0.867. The van der Waals surface area contributed by atoms with Gasteiger partial charge in [-0.2, -0.15) is 0 Å². The third kappa shape index (κ3) is 6.37. The highest BCUT2D eigenvalue weighted by Gasteiger charge is 2.27. The van der Waals surface area contributed by atoms with Crippen molar-refractivity contribution >= 4 is 11.8 Å². The summed E-state index contributed by atoms with van der Waals surface area (Å²) in [4.78, 5) is 23.3. The zero-order valence-corrected chi connectivity index (χ0v) is 12.5. The molecular formula is C15H28N2O3. The molecule has 0 aromatic heterocycles. The Balaban J connectivity index is 2.22. The van der Waals surface area contributed by atoms with Crippen molar-refractivity contribution in [2.24, 2.45) is 5.73 Å². The van der Waals surface area contributed by atoms with E-state index in [-0.39, 0.29) is 5.91 Å². The van der Waals surface area contributed by atoms with E-state index in [1.54, 1.807) is 0 Å². The fourth-order valence-electron chi connectivity index (χ4n) is 2.46. The Morgan fingerprint density at radius 3 is 2.55 bits per heavy atom. The summed E-state index contributed by atoms with van der Waals surface area (Å²) in [6.45, 7) is 2.81. The molecule has 20 heavy (non-hydrogen) atoms. The van der Waals surface area contributed by atoms with Crippen LogP contribution in [0.4, 0.5) is 0 Å². The van der Waals surface area contributed by atoms with Crippen molar-refractivity contribution in [3.05, 3.63) is 0 Å². The number of carbonyl (C=O) groups is 2. The molecule has 1 rings (SSSR count). The van der Waals surface area contributed by atoms with Gasteiger partial charge in [0.15, 0.2) is 0 Å². The van der Waals surface area contributed by atoms with Crippen LogP contribution in [0.3, 0.4) is 0 Å². The average Bonchev–Trinajstić information content (AvgIpc) is 2.95. The van der Waals surface area contributed by atoms with Crippen LogP contribution in [0, 0.1) is 0 Å². The molecule has 0 spiro atoms. The van der Waals surface area contributed by atoms with Gasteiger partial charge in [-0.15, -0.1) is 0 Å². The molecule has 2 amide bonds. The summed E-state index contributed by atoms with van der Waals surface area (Å²) in [6, 6.07) is -0.558. The molecule has 0 bridgehead atoms. The summed E-state index contributed by atoms with van der Waals surface area (Å²) in [6.07, 6.45) is 8.75. The topological polar surface area (TPSA) is 81.4 Å². The van der Waals surface area contributed by atoms with Gasteiger partial charge in [0.2, 0.25) is 11.8 Å². The van der Waals surface area contributed by atoms with Crippen molar-refractivity contribution in [3.8, 4) is 0 Å². The standard InChI is InChI=1S/C15H28N2O3/c1-2-3-4-5-6-7-9-12(14(16)18)17-15(19)13-10-8-11-20-13/h12-13H,2-11H2,1H3,(H2,16,18)(H,17,19)/t12-,13-/m1/s1. The molecule has 0 aromatic carbocycles. The molecule has 5 heteroatoms. The van der Waals surface area contributed by atoms with Crippen LogP contribution in [0.25, 0.3) is 0 Å². The lowest BCUT2D eigenvalue weighted by Gasteiger charge is -2.17. The van der Waals surface area contributed by atoms with Crippen molar-refractivity contribution < 1.29 is 14.3 Å². The number of amides is 2. The Kier molecular flexibility index (Phi) is 8.26. The van der Waals surface area contributed by atoms with E-state index in [9.17, 15) is 9.59 Å². The van der Waals surface area contributed by atoms with Crippen LogP contribution in [0.2, 0.25) is 0 Å². The van der Waals surface area contributed by atoms with Crippen LogP contribution in [0.1, 0.15) is 64.7 Å². The van der Waals surface area contributed by atoms with Crippen LogP contribution >= 0.6 is 0 Å². The molecule has 5 nitrogen and oxygen atoms in total. The third-order valence-electron chi connectivity index (χ3n) is 3.73. The first-order valence-electron chi connectivity index (χ1n) is 7.86. The summed E-state index contributed by atoms with van der Waals surface area (Å²) in [5.41, 5.74) is 5.35. The number of rotatable bonds is 10. The Hall–Kier alpha value is -1.10. The smallest absolute Gasteiger partial charge is 0.249 e. The zero-order chi connectivity index (χ0) is 14.8. The number of nitrogens with two attached hydrogens (primary N) is 1. The predicted octanol–water partition coefficient (Wildman–Crippen LogP) is 1.89. The number of unbranched alkanes of at least 4 members (excludes halogenated alkanes) is 5. The second kappa shape index (κ2) is 9.75. The molecule has 3 N–H and O–H groups in total. The summed E-state index contributed by atoms with van der Waals surface area (Å²) < 4.78 is 5.30. The van der Waals surface area contributed by atoms with Crippen molar-refractivity contribution in [3.63, 3.8) is 0 Å². The number of ether oxygens (including phenoxy) is 1. The van der Waals surface area contributed by atoms with Gasteiger partial charge < -0.3 is 15.8 Å². The maximum atomic E-state index is 11.9. The van der Waals surface area contributed by atoms with Gasteiger partial charge in [0.25, 0.3) is 0 Å². The van der Waals surface area contributed by atoms with E-state index in [0.29, 0.717) is 13.0 Å². The van der Waals surface area contributed by atoms with E-state index in [2.05, 4.69) is 12.2 Å². The van der Waals surface area contributed by atoms with Gasteiger partial charge >= 0.3 is 0 Å². The summed E-state index contributed by atoms with van der Waals surface area (Å²) >= 11 is 0. The minimum absolute atomic E-state index is 0.197. The third-order valence-corrected chi connectivity index (χ3v) is 3.73. The van der Waals surface area contributed by atoms with Gasteiger partial charge in [0.1, 0.15) is 12.1 Å². The van der Waals surface area contributed by atoms with Crippen LogP contribution in [0.5, 0.6) is 0 Å². The molecule has 1 aliphatic heterocycles. The SMILES string of the molecule is CCCCCCCC[C@@H](NC(=O)[C@H]1CCCO1)C(N)=O. The number of hydrogen-bond acceptors (Lipinski definition) is 3. The lowest BCUT2D eigenvalue weighted by Crippen LogP contribution is -2.47. The zero-order valence-electron chi connectivity index (χ0n) is 12.5. The fourth-order valence-corrected chi connectivity index (χ4v) is 2.46. The molecule has 116 valence electrons. The lowest BCUT2D eigenvalue weighted by atomic mass is 10.0. The van der Waals surface area contributed by atoms with E-state index < -0.39 is 18.1 Å². The molecule has 1 heterocycles. The first kappa shape index (κ1) is 17.0. The molecule has 1 aliphatic rings. The number of carbonyl (C=O) groups excluding carboxylic acids is 2. The summed E-state index contributed by atoms with van der Waals surface area (Å²) in [7, 11) is 0. The largest absolute Gasteiger partial charge is 0.368 e. The van der Waals surface area contributed by atoms with E-state index in [0.717, 1.165) is 25.7 Å². The molecule has 2 atom stereocenters. The van der Waals surface area contributed by atoms with Crippen LogP contribution in [-0.2, 0) is 14.3 Å². The van der Waals surface area contributed by atoms with E-state index in [1.165, 1.54) is 25.7 Å². The number of nitrogens with one attached hydrogen (secondary N) is 1. The lowest BCUT2D eigenvalue weighted by molar-refractivity contribution is -0.133. The van der Waals surface area contributed by atoms with E-state index in [4.69, 9.17) is 10.5 Å². The number of primary amides is 1. The minimum Gasteiger partial charge on any atom is -0.368 e. The number of hydrogen-bond donors (Lipinski definition) is 2. The first-order chi connectivity index (χ1) is 9.65. The van der Waals surface area contributed by atoms with Gasteiger partial charge in [-0.1, -0.05) is 45.4 Å². The van der Waals surface area contributed by atoms with Crippen LogP contribution in [0.15, 0.2) is 0 Å². The highest BCUT2D eigenvalue weighted by molar-refractivity contribution is 5.88. The monoisotopic (exact) mass is 284 g/mol. The Bertz CT molecular complexity index is 301. The van der Waals surface area contributed by atoms with Crippen LogP contribution in [-0.4, -0.2) is 30.6 Å². The minimum atomic E-state index is -0.558. The van der Waals surface area contributed by atoms with Gasteiger partial charge in [0, 0.05) is 6.61 Å². The molecule has 1 fully saturated rings. The summed E-state index contributed by atoms with van der Waals surface area (Å²) in [5.74, 6) is -0.651. The molecule has 0 aliphatic carbocycles. The van der Waals surface area contributed by atoms with Crippen molar-refractivity contribution in [1.82, 2.24) is 5.32 Å². The van der Waals surface area contributed by atoms with Gasteiger partial charge in [-0.05, 0) is 19.3 Å². The average molecular weight is 284 g/mol. The van der Waals surface area contributed by atoms with Gasteiger partial charge in [-0.25, -0.2) is 0 Å². The second-order valence-electron chi connectivity index (χ2n) is 5.52. The van der Waals surface area contributed by atoms with Crippen molar-refractivity contribution in [2.75, 3.05) is 6.61 Å². The van der Waals surface area contributed by atoms with Crippen molar-refractivity contribution in [1.29, 1.82) is 0 Å².